The van der Waals surface area contributed by atoms with Crippen molar-refractivity contribution in [2.75, 3.05) is 20.1 Å². The first-order chi connectivity index (χ1) is 9.81. The third kappa shape index (κ3) is 4.18. The lowest BCUT2D eigenvalue weighted by Crippen LogP contribution is -2.36. The van der Waals surface area contributed by atoms with E-state index >= 15 is 0 Å². The van der Waals surface area contributed by atoms with Gasteiger partial charge in [0.25, 0.3) is 0 Å². The minimum Gasteiger partial charge on any atom is -0.370 e. The summed E-state index contributed by atoms with van der Waals surface area (Å²) in [5.74, 6) is 0.472. The molecular formula is C13H22N4O2S2. The molecular weight excluding hydrogens is 308 g/mol. The van der Waals surface area contributed by atoms with Crippen molar-refractivity contribution in [3.05, 3.63) is 15.8 Å². The third-order valence-electron chi connectivity index (χ3n) is 3.42. The Hall–Kier alpha value is -1.12. The van der Waals surface area contributed by atoms with Crippen LogP contribution in [-0.4, -0.2) is 45.5 Å². The van der Waals surface area contributed by atoms with Crippen molar-refractivity contribution in [2.45, 2.75) is 37.6 Å². The molecule has 0 atom stereocenters. The lowest BCUT2D eigenvalue weighted by atomic mass is 10.4. The van der Waals surface area contributed by atoms with Crippen molar-refractivity contribution in [3.63, 3.8) is 0 Å². The summed E-state index contributed by atoms with van der Waals surface area (Å²) in [5.41, 5.74) is 5.85. The van der Waals surface area contributed by atoms with Gasteiger partial charge in [-0.3, -0.25) is 4.99 Å². The van der Waals surface area contributed by atoms with E-state index in [0.717, 1.165) is 22.6 Å². The molecule has 0 radical (unpaired) electrons. The van der Waals surface area contributed by atoms with Crippen molar-refractivity contribution in [3.8, 4) is 0 Å². The van der Waals surface area contributed by atoms with Crippen molar-refractivity contribution >= 4 is 27.3 Å². The van der Waals surface area contributed by atoms with Crippen LogP contribution in [0.25, 0.3) is 0 Å². The molecule has 1 aromatic heterocycles. The van der Waals surface area contributed by atoms with Crippen LogP contribution in [0.15, 0.2) is 16.0 Å². The van der Waals surface area contributed by atoms with Crippen LogP contribution in [0.2, 0.25) is 0 Å². The fourth-order valence-corrected chi connectivity index (χ4v) is 4.64. The SMILES string of the molecule is Cc1cc(S(=O)(=O)NCCN=C(N)N(C)C2CC2)c(C)s1. The summed E-state index contributed by atoms with van der Waals surface area (Å²) in [6.07, 6.45) is 2.30. The molecule has 0 aliphatic heterocycles. The van der Waals surface area contributed by atoms with Gasteiger partial charge in [0.1, 0.15) is 0 Å². The second kappa shape index (κ2) is 6.33. The average Bonchev–Trinajstić information content (AvgIpc) is 3.19. The van der Waals surface area contributed by atoms with Crippen molar-refractivity contribution in [2.24, 2.45) is 10.7 Å². The first kappa shape index (κ1) is 16.3. The van der Waals surface area contributed by atoms with E-state index in [4.69, 9.17) is 5.73 Å². The maximum Gasteiger partial charge on any atom is 0.241 e. The monoisotopic (exact) mass is 330 g/mol. The van der Waals surface area contributed by atoms with E-state index in [0.29, 0.717) is 23.4 Å². The quantitative estimate of drug-likeness (QED) is 0.464. The zero-order valence-electron chi connectivity index (χ0n) is 12.6. The smallest absolute Gasteiger partial charge is 0.241 e. The normalized spacial score (nSPS) is 16.2. The molecule has 0 aromatic carbocycles. The van der Waals surface area contributed by atoms with E-state index in [2.05, 4.69) is 9.71 Å². The van der Waals surface area contributed by atoms with Gasteiger partial charge in [0.05, 0.1) is 11.4 Å². The van der Waals surface area contributed by atoms with Gasteiger partial charge in [-0.05, 0) is 32.8 Å². The number of aryl methyl sites for hydroxylation is 2. The molecule has 6 nitrogen and oxygen atoms in total. The molecule has 0 amide bonds. The van der Waals surface area contributed by atoms with Gasteiger partial charge in [-0.2, -0.15) is 0 Å². The number of sulfonamides is 1. The van der Waals surface area contributed by atoms with Gasteiger partial charge in [-0.1, -0.05) is 0 Å². The van der Waals surface area contributed by atoms with Crippen LogP contribution in [0.1, 0.15) is 22.6 Å². The van der Waals surface area contributed by atoms with Crippen LogP contribution in [0, 0.1) is 13.8 Å². The molecule has 118 valence electrons. The van der Waals surface area contributed by atoms with Crippen LogP contribution >= 0.6 is 11.3 Å². The highest BCUT2D eigenvalue weighted by Gasteiger charge is 2.27. The maximum atomic E-state index is 12.2. The van der Waals surface area contributed by atoms with Gasteiger partial charge in [-0.15, -0.1) is 11.3 Å². The fraction of sp³-hybridized carbons (Fsp3) is 0.615. The maximum absolute atomic E-state index is 12.2. The number of hydrogen-bond acceptors (Lipinski definition) is 4. The second-order valence-corrected chi connectivity index (χ2v) is 8.45. The van der Waals surface area contributed by atoms with Crippen LogP contribution < -0.4 is 10.5 Å². The Morgan fingerprint density at radius 1 is 1.52 bits per heavy atom. The van der Waals surface area contributed by atoms with Crippen LogP contribution in [0.5, 0.6) is 0 Å². The van der Waals surface area contributed by atoms with E-state index in [9.17, 15) is 8.42 Å². The molecule has 0 unspecified atom stereocenters. The number of aliphatic imine (C=N–C) groups is 1. The molecule has 0 bridgehead atoms. The molecule has 0 saturated heterocycles. The first-order valence-electron chi connectivity index (χ1n) is 6.90. The predicted molar refractivity (Wildman–Crippen MR) is 86.3 cm³/mol. The van der Waals surface area contributed by atoms with Crippen molar-refractivity contribution < 1.29 is 8.42 Å². The molecule has 0 spiro atoms. The predicted octanol–water partition coefficient (Wildman–Crippen LogP) is 1.05. The molecule has 21 heavy (non-hydrogen) atoms. The number of nitrogens with one attached hydrogen (secondary N) is 1. The Balaban J connectivity index is 1.87. The van der Waals surface area contributed by atoms with Gasteiger partial charge in [0, 0.05) is 29.4 Å². The summed E-state index contributed by atoms with van der Waals surface area (Å²) in [6, 6.07) is 2.20. The highest BCUT2D eigenvalue weighted by Crippen LogP contribution is 2.25. The second-order valence-electron chi connectivity index (χ2n) is 5.26. The highest BCUT2D eigenvalue weighted by atomic mass is 32.2. The molecule has 1 saturated carbocycles. The topological polar surface area (TPSA) is 87.8 Å². The molecule has 1 fully saturated rings. The Morgan fingerprint density at radius 2 is 2.19 bits per heavy atom. The van der Waals surface area contributed by atoms with Crippen LogP contribution in [0.4, 0.5) is 0 Å². The Labute approximate surface area is 130 Å². The van der Waals surface area contributed by atoms with Crippen LogP contribution in [-0.2, 0) is 10.0 Å². The zero-order valence-corrected chi connectivity index (χ0v) is 14.2. The van der Waals surface area contributed by atoms with Gasteiger partial charge in [0.15, 0.2) is 5.96 Å². The molecule has 1 aliphatic carbocycles. The summed E-state index contributed by atoms with van der Waals surface area (Å²) < 4.78 is 26.9. The average molecular weight is 330 g/mol. The van der Waals surface area contributed by atoms with E-state index in [1.54, 1.807) is 6.07 Å². The number of hydrogen-bond donors (Lipinski definition) is 2. The van der Waals surface area contributed by atoms with E-state index in [-0.39, 0.29) is 6.54 Å². The Morgan fingerprint density at radius 3 is 2.71 bits per heavy atom. The number of nitrogens with two attached hydrogens (primary N) is 1. The fourth-order valence-electron chi connectivity index (χ4n) is 2.06. The minimum atomic E-state index is -3.46. The Kier molecular flexibility index (Phi) is 4.90. The van der Waals surface area contributed by atoms with Gasteiger partial charge >= 0.3 is 0 Å². The van der Waals surface area contributed by atoms with Gasteiger partial charge < -0.3 is 10.6 Å². The number of guanidine groups is 1. The van der Waals surface area contributed by atoms with E-state index in [1.165, 1.54) is 11.3 Å². The van der Waals surface area contributed by atoms with E-state index in [1.807, 2.05) is 25.8 Å². The summed E-state index contributed by atoms with van der Waals surface area (Å²) >= 11 is 1.48. The van der Waals surface area contributed by atoms with Gasteiger partial charge in [-0.25, -0.2) is 13.1 Å². The van der Waals surface area contributed by atoms with Crippen LogP contribution in [0.3, 0.4) is 0 Å². The summed E-state index contributed by atoms with van der Waals surface area (Å²) in [7, 11) is -1.54. The van der Waals surface area contributed by atoms with Gasteiger partial charge in [0.2, 0.25) is 10.0 Å². The highest BCUT2D eigenvalue weighted by molar-refractivity contribution is 7.89. The Bertz CT molecular complexity index is 633. The molecule has 1 aliphatic rings. The zero-order chi connectivity index (χ0) is 15.6. The third-order valence-corrected chi connectivity index (χ3v) is 6.10. The number of nitrogens with zero attached hydrogens (tertiary/aromatic N) is 2. The minimum absolute atomic E-state index is 0.246. The van der Waals surface area contributed by atoms with Crippen molar-refractivity contribution in [1.82, 2.24) is 9.62 Å². The molecule has 8 heteroatoms. The first-order valence-corrected chi connectivity index (χ1v) is 9.20. The summed E-state index contributed by atoms with van der Waals surface area (Å²) in [4.78, 5) is 8.30. The molecule has 1 aromatic rings. The molecule has 3 N–H and O–H groups in total. The molecule has 2 rings (SSSR count). The summed E-state index contributed by atoms with van der Waals surface area (Å²) in [6.45, 7) is 4.29. The number of thiophene rings is 1. The standard InChI is InChI=1S/C13H22N4O2S2/c1-9-8-12(10(2)20-9)21(18,19)16-7-6-15-13(14)17(3)11-4-5-11/h8,11,16H,4-7H2,1-3H3,(H2,14,15). The largest absolute Gasteiger partial charge is 0.370 e. The van der Waals surface area contributed by atoms with Crippen molar-refractivity contribution in [1.29, 1.82) is 0 Å². The number of rotatable bonds is 6. The summed E-state index contributed by atoms with van der Waals surface area (Å²) in [5, 5.41) is 0. The molecule has 1 heterocycles. The lowest BCUT2D eigenvalue weighted by molar-refractivity contribution is 0.487. The lowest BCUT2D eigenvalue weighted by Gasteiger charge is -2.16. The van der Waals surface area contributed by atoms with E-state index < -0.39 is 10.0 Å².